The van der Waals surface area contributed by atoms with Crippen LogP contribution in [-0.4, -0.2) is 5.78 Å². The Morgan fingerprint density at radius 3 is 3.15 bits per heavy atom. The minimum atomic E-state index is 0.0165. The normalized spacial score (nSPS) is 38.0. The third-order valence-electron chi connectivity index (χ3n) is 3.64. The average molecular weight is 175 g/mol. The molecule has 1 saturated carbocycles. The number of rotatable bonds is 0. The summed E-state index contributed by atoms with van der Waals surface area (Å²) in [5.74, 6) is 0.776. The first-order valence-corrected chi connectivity index (χ1v) is 4.79. The number of fused-ring (bicyclic) bond motifs is 1. The zero-order valence-electron chi connectivity index (χ0n) is 7.84. The van der Waals surface area contributed by atoms with Crippen LogP contribution >= 0.6 is 0 Å². The highest BCUT2D eigenvalue weighted by Gasteiger charge is 2.44. The van der Waals surface area contributed by atoms with Crippen molar-refractivity contribution in [3.8, 4) is 6.07 Å². The van der Waals surface area contributed by atoms with Crippen molar-refractivity contribution in [2.24, 2.45) is 11.3 Å². The third-order valence-corrected chi connectivity index (χ3v) is 3.64. The van der Waals surface area contributed by atoms with E-state index in [0.29, 0.717) is 24.5 Å². The molecule has 2 nitrogen and oxygen atoms in total. The third kappa shape index (κ3) is 1.11. The van der Waals surface area contributed by atoms with E-state index in [-0.39, 0.29) is 5.41 Å². The lowest BCUT2D eigenvalue weighted by Gasteiger charge is -2.36. The van der Waals surface area contributed by atoms with Crippen LogP contribution in [-0.2, 0) is 4.79 Å². The molecule has 2 rings (SSSR count). The predicted molar refractivity (Wildman–Crippen MR) is 48.8 cm³/mol. The molecule has 0 radical (unpaired) electrons. The van der Waals surface area contributed by atoms with E-state index >= 15 is 0 Å². The summed E-state index contributed by atoms with van der Waals surface area (Å²) in [4.78, 5) is 11.2. The minimum absolute atomic E-state index is 0.0165. The highest BCUT2D eigenvalue weighted by atomic mass is 16.1. The lowest BCUT2D eigenvalue weighted by molar-refractivity contribution is -0.123. The maximum absolute atomic E-state index is 11.2. The second-order valence-electron chi connectivity index (χ2n) is 4.32. The molecule has 0 spiro atoms. The number of nitriles is 1. The summed E-state index contributed by atoms with van der Waals surface area (Å²) in [6, 6.07) is 2.27. The Labute approximate surface area is 78.2 Å². The molecule has 0 aromatic carbocycles. The van der Waals surface area contributed by atoms with Gasteiger partial charge in [-0.1, -0.05) is 13.0 Å². The molecule has 0 heterocycles. The molecule has 0 aromatic rings. The van der Waals surface area contributed by atoms with Crippen molar-refractivity contribution < 1.29 is 4.79 Å². The molecule has 0 amide bonds. The van der Waals surface area contributed by atoms with Crippen LogP contribution in [0.15, 0.2) is 11.6 Å². The summed E-state index contributed by atoms with van der Waals surface area (Å²) in [5, 5.41) is 8.93. The second kappa shape index (κ2) is 2.70. The SMILES string of the molecule is CC12CCC(=O)CC1CC=C2C#N. The van der Waals surface area contributed by atoms with E-state index in [1.807, 2.05) is 6.08 Å². The number of carbonyl (C=O) groups excluding carboxylic acids is 1. The van der Waals surface area contributed by atoms with Crippen LogP contribution in [0.1, 0.15) is 32.6 Å². The minimum Gasteiger partial charge on any atom is -0.300 e. The molecular formula is C11H13NO. The monoisotopic (exact) mass is 175 g/mol. The van der Waals surface area contributed by atoms with E-state index < -0.39 is 0 Å². The first kappa shape index (κ1) is 8.50. The maximum atomic E-state index is 11.2. The summed E-state index contributed by atoms with van der Waals surface area (Å²) in [6.07, 6.45) is 5.15. The molecule has 0 bridgehead atoms. The van der Waals surface area contributed by atoms with Crippen molar-refractivity contribution in [3.05, 3.63) is 11.6 Å². The first-order valence-electron chi connectivity index (χ1n) is 4.79. The fourth-order valence-corrected chi connectivity index (χ4v) is 2.57. The Morgan fingerprint density at radius 2 is 2.46 bits per heavy atom. The van der Waals surface area contributed by atoms with E-state index in [1.165, 1.54) is 0 Å². The molecule has 2 aliphatic rings. The number of ketones is 1. The molecule has 0 aliphatic heterocycles. The Balaban J connectivity index is 2.28. The average Bonchev–Trinajstić information content (AvgIpc) is 2.42. The molecule has 2 heteroatoms. The largest absolute Gasteiger partial charge is 0.300 e. The first-order chi connectivity index (χ1) is 6.16. The molecule has 0 saturated heterocycles. The van der Waals surface area contributed by atoms with Crippen LogP contribution in [0.25, 0.3) is 0 Å². The van der Waals surface area contributed by atoms with Crippen molar-refractivity contribution in [2.75, 3.05) is 0 Å². The van der Waals surface area contributed by atoms with Gasteiger partial charge in [-0.15, -0.1) is 0 Å². The zero-order chi connectivity index (χ0) is 9.47. The predicted octanol–water partition coefficient (Wildman–Crippen LogP) is 2.22. The van der Waals surface area contributed by atoms with Crippen molar-refractivity contribution in [3.63, 3.8) is 0 Å². The highest BCUT2D eigenvalue weighted by Crippen LogP contribution is 2.51. The van der Waals surface area contributed by atoms with Gasteiger partial charge in [0, 0.05) is 23.8 Å². The molecule has 2 unspecified atom stereocenters. The maximum Gasteiger partial charge on any atom is 0.133 e. The Hall–Kier alpha value is -1.10. The van der Waals surface area contributed by atoms with E-state index in [0.717, 1.165) is 18.4 Å². The van der Waals surface area contributed by atoms with Gasteiger partial charge in [0.25, 0.3) is 0 Å². The topological polar surface area (TPSA) is 40.9 Å². The van der Waals surface area contributed by atoms with Gasteiger partial charge in [-0.3, -0.25) is 4.79 Å². The second-order valence-corrected chi connectivity index (χ2v) is 4.32. The number of hydrogen-bond acceptors (Lipinski definition) is 2. The summed E-state index contributed by atoms with van der Waals surface area (Å²) < 4.78 is 0. The van der Waals surface area contributed by atoms with Gasteiger partial charge in [0.05, 0.1) is 6.07 Å². The fourth-order valence-electron chi connectivity index (χ4n) is 2.57. The van der Waals surface area contributed by atoms with Gasteiger partial charge in [-0.05, 0) is 18.8 Å². The lowest BCUT2D eigenvalue weighted by atomic mass is 9.66. The number of carbonyl (C=O) groups is 1. The van der Waals surface area contributed by atoms with Crippen LogP contribution in [0.3, 0.4) is 0 Å². The molecule has 0 N–H and O–H groups in total. The molecule has 1 fully saturated rings. The van der Waals surface area contributed by atoms with Crippen LogP contribution in [0.4, 0.5) is 0 Å². The molecule has 68 valence electrons. The summed E-state index contributed by atoms with van der Waals surface area (Å²) in [5.41, 5.74) is 0.924. The van der Waals surface area contributed by atoms with Gasteiger partial charge in [-0.25, -0.2) is 0 Å². The van der Waals surface area contributed by atoms with Gasteiger partial charge in [-0.2, -0.15) is 5.26 Å². The van der Waals surface area contributed by atoms with Gasteiger partial charge < -0.3 is 0 Å². The van der Waals surface area contributed by atoms with Crippen LogP contribution in [0.5, 0.6) is 0 Å². The Morgan fingerprint density at radius 1 is 1.69 bits per heavy atom. The zero-order valence-corrected chi connectivity index (χ0v) is 7.84. The van der Waals surface area contributed by atoms with Crippen molar-refractivity contribution in [2.45, 2.75) is 32.6 Å². The van der Waals surface area contributed by atoms with Gasteiger partial charge >= 0.3 is 0 Å². The van der Waals surface area contributed by atoms with E-state index in [2.05, 4.69) is 13.0 Å². The quantitative estimate of drug-likeness (QED) is 0.566. The Kier molecular flexibility index (Phi) is 1.76. The molecular weight excluding hydrogens is 162 g/mol. The van der Waals surface area contributed by atoms with Gasteiger partial charge in [0.1, 0.15) is 5.78 Å². The van der Waals surface area contributed by atoms with Crippen molar-refractivity contribution >= 4 is 5.78 Å². The number of hydrogen-bond donors (Lipinski definition) is 0. The summed E-state index contributed by atoms with van der Waals surface area (Å²) >= 11 is 0. The summed E-state index contributed by atoms with van der Waals surface area (Å²) in [7, 11) is 0. The molecule has 0 aromatic heterocycles. The Bertz CT molecular complexity index is 323. The number of nitrogens with zero attached hydrogens (tertiary/aromatic N) is 1. The van der Waals surface area contributed by atoms with Gasteiger partial charge in [0.2, 0.25) is 0 Å². The highest BCUT2D eigenvalue weighted by molar-refractivity contribution is 5.80. The van der Waals surface area contributed by atoms with Crippen LogP contribution in [0.2, 0.25) is 0 Å². The van der Waals surface area contributed by atoms with Gasteiger partial charge in [0.15, 0.2) is 0 Å². The van der Waals surface area contributed by atoms with E-state index in [4.69, 9.17) is 5.26 Å². The van der Waals surface area contributed by atoms with Crippen molar-refractivity contribution in [1.82, 2.24) is 0 Å². The molecule has 2 aliphatic carbocycles. The number of Topliss-reactive ketones (excluding diaryl/α,β-unsaturated/α-hetero) is 1. The molecule has 13 heavy (non-hydrogen) atoms. The van der Waals surface area contributed by atoms with Crippen LogP contribution in [0, 0.1) is 22.7 Å². The number of allylic oxidation sites excluding steroid dienone is 2. The van der Waals surface area contributed by atoms with E-state index in [1.54, 1.807) is 0 Å². The smallest absolute Gasteiger partial charge is 0.133 e. The summed E-state index contributed by atoms with van der Waals surface area (Å²) in [6.45, 7) is 2.13. The standard InChI is InChI=1S/C11H13NO/c1-11-5-4-10(13)6-8(11)2-3-9(11)7-12/h3,8H,2,4-6H2,1H3. The van der Waals surface area contributed by atoms with Crippen LogP contribution < -0.4 is 0 Å². The molecule has 2 atom stereocenters. The van der Waals surface area contributed by atoms with Crippen molar-refractivity contribution in [1.29, 1.82) is 5.26 Å². The lowest BCUT2D eigenvalue weighted by Crippen LogP contribution is -2.32. The fraction of sp³-hybridized carbons (Fsp3) is 0.636. The van der Waals surface area contributed by atoms with E-state index in [9.17, 15) is 4.79 Å².